The van der Waals surface area contributed by atoms with Gasteiger partial charge in [0, 0.05) is 60.6 Å². The van der Waals surface area contributed by atoms with Crippen LogP contribution in [-0.2, 0) is 17.6 Å². The summed E-state index contributed by atoms with van der Waals surface area (Å²) in [5.74, 6) is 0.717. The van der Waals surface area contributed by atoms with Crippen molar-refractivity contribution in [3.63, 3.8) is 0 Å². The fourth-order valence-corrected chi connectivity index (χ4v) is 6.22. The molecule has 1 aromatic carbocycles. The van der Waals surface area contributed by atoms with Crippen molar-refractivity contribution in [3.05, 3.63) is 65.6 Å². The lowest BCUT2D eigenvalue weighted by molar-refractivity contribution is -0.127. The largest absolute Gasteiger partial charge is 0.356 e. The number of hydrogen-bond acceptors (Lipinski definition) is 3. The van der Waals surface area contributed by atoms with Gasteiger partial charge in [-0.2, -0.15) is 0 Å². The van der Waals surface area contributed by atoms with E-state index < -0.39 is 0 Å². The van der Waals surface area contributed by atoms with Crippen molar-refractivity contribution in [1.29, 1.82) is 0 Å². The van der Waals surface area contributed by atoms with Gasteiger partial charge in [-0.3, -0.25) is 9.78 Å². The maximum absolute atomic E-state index is 13.1. The molecular weight excluding hydrogens is 420 g/mol. The van der Waals surface area contributed by atoms with Crippen LogP contribution in [-0.4, -0.2) is 46.5 Å². The number of fused-ring (bicyclic) bond motifs is 2. The van der Waals surface area contributed by atoms with Gasteiger partial charge >= 0.3 is 0 Å². The lowest BCUT2D eigenvalue weighted by Crippen LogP contribution is -2.51. The fraction of sp³-hybridized carbons (Fsp3) is 0.517. The lowest BCUT2D eigenvalue weighted by atomic mass is 9.72. The van der Waals surface area contributed by atoms with Gasteiger partial charge in [-0.05, 0) is 81.8 Å². The molecule has 1 aliphatic carbocycles. The summed E-state index contributed by atoms with van der Waals surface area (Å²) in [7, 11) is 2.21. The van der Waals surface area contributed by atoms with Gasteiger partial charge in [0.2, 0.25) is 5.91 Å². The third kappa shape index (κ3) is 4.50. The maximum Gasteiger partial charge on any atom is 0.224 e. The Morgan fingerprint density at radius 3 is 2.85 bits per heavy atom. The molecule has 1 saturated heterocycles. The number of pyridine rings is 1. The second kappa shape index (κ2) is 9.91. The van der Waals surface area contributed by atoms with Gasteiger partial charge in [-0.15, -0.1) is 0 Å². The van der Waals surface area contributed by atoms with E-state index in [2.05, 4.69) is 71.1 Å². The molecule has 1 fully saturated rings. The summed E-state index contributed by atoms with van der Waals surface area (Å²) in [4.78, 5) is 19.7. The Morgan fingerprint density at radius 2 is 2.06 bits per heavy atom. The number of likely N-dealkylation sites (tertiary alicyclic amines) is 1. The number of aromatic nitrogens is 2. The zero-order chi connectivity index (χ0) is 23.7. The van der Waals surface area contributed by atoms with E-state index in [1.165, 1.54) is 27.6 Å². The third-order valence-electron chi connectivity index (χ3n) is 7.97. The Hall–Kier alpha value is -2.66. The predicted octanol–water partition coefficient (Wildman–Crippen LogP) is 5.11. The summed E-state index contributed by atoms with van der Waals surface area (Å²) in [6.45, 7) is 6.14. The first-order chi connectivity index (χ1) is 16.5. The van der Waals surface area contributed by atoms with Crippen molar-refractivity contribution in [1.82, 2.24) is 19.8 Å². The number of likely N-dealkylation sites (N-methyl/N-ethyl adjacent to an activating group) is 1. The summed E-state index contributed by atoms with van der Waals surface area (Å²) in [6, 6.07) is 11.8. The number of piperidine rings is 1. The highest BCUT2D eigenvalue weighted by atomic mass is 16.1. The van der Waals surface area contributed by atoms with E-state index in [1.54, 1.807) is 0 Å². The average molecular weight is 459 g/mol. The van der Waals surface area contributed by atoms with Gasteiger partial charge in [0.05, 0.1) is 5.92 Å². The number of hydrogen-bond donors (Lipinski definition) is 1. The summed E-state index contributed by atoms with van der Waals surface area (Å²) in [5.41, 5.74) is 5.56. The van der Waals surface area contributed by atoms with Crippen molar-refractivity contribution in [2.24, 2.45) is 5.92 Å². The van der Waals surface area contributed by atoms with E-state index in [-0.39, 0.29) is 11.8 Å². The monoisotopic (exact) mass is 458 g/mol. The highest BCUT2D eigenvalue weighted by Crippen LogP contribution is 2.45. The number of carbonyl (C=O) groups excluding carboxylic acids is 1. The number of benzene rings is 1. The Kier molecular flexibility index (Phi) is 6.73. The summed E-state index contributed by atoms with van der Waals surface area (Å²) < 4.78 is 2.42. The van der Waals surface area contributed by atoms with E-state index in [9.17, 15) is 4.79 Å². The topological polar surface area (TPSA) is 50.2 Å². The zero-order valence-corrected chi connectivity index (χ0v) is 20.8. The van der Waals surface area contributed by atoms with Crippen molar-refractivity contribution < 1.29 is 4.79 Å². The molecular formula is C29H38N4O. The van der Waals surface area contributed by atoms with Crippen molar-refractivity contribution >= 4 is 16.8 Å². The van der Waals surface area contributed by atoms with Crippen LogP contribution in [0.5, 0.6) is 0 Å². The summed E-state index contributed by atoms with van der Waals surface area (Å²) in [5, 5.41) is 4.69. The van der Waals surface area contributed by atoms with Crippen LogP contribution in [0.1, 0.15) is 68.2 Å². The highest BCUT2D eigenvalue weighted by molar-refractivity contribution is 5.89. The number of nitrogens with zero attached hydrogens (tertiary/aromatic N) is 3. The first kappa shape index (κ1) is 23.1. The molecule has 34 heavy (non-hydrogen) atoms. The lowest BCUT2D eigenvalue weighted by Gasteiger charge is -2.45. The molecule has 2 aliphatic rings. The van der Waals surface area contributed by atoms with E-state index in [1.807, 2.05) is 18.5 Å². The van der Waals surface area contributed by atoms with Crippen molar-refractivity contribution in [3.8, 4) is 0 Å². The van der Waals surface area contributed by atoms with Crippen LogP contribution in [0.4, 0.5) is 0 Å². The molecule has 0 bridgehead atoms. The average Bonchev–Trinajstić information content (AvgIpc) is 3.22. The molecule has 3 aromatic rings. The Labute approximate surface area is 203 Å². The standard InChI is InChI=1S/C29H38N4O/c1-20(2)33-19-22-16-27-25(24-11-7-12-26(33)28(22)24)15-23(18-32(27)3)29(34)31-14-6-4-5-9-21-10-8-13-30-17-21/h7-8,10-13,17,19-20,23,25,27H,4-6,9,14-16,18H2,1-3H3,(H,31,34)/t23?,25-,27-/m1/s1. The summed E-state index contributed by atoms with van der Waals surface area (Å²) in [6.07, 6.45) is 12.5. The number of carbonyl (C=O) groups is 1. The molecule has 0 radical (unpaired) electrons. The Bertz CT molecular complexity index is 1140. The first-order valence-electron chi connectivity index (χ1n) is 13.0. The number of rotatable bonds is 8. The van der Waals surface area contributed by atoms with Crippen LogP contribution >= 0.6 is 0 Å². The smallest absolute Gasteiger partial charge is 0.224 e. The number of amides is 1. The molecule has 180 valence electrons. The highest BCUT2D eigenvalue weighted by Gasteiger charge is 2.41. The molecule has 5 rings (SSSR count). The van der Waals surface area contributed by atoms with Crippen LogP contribution in [0, 0.1) is 5.92 Å². The minimum atomic E-state index is 0.0608. The van der Waals surface area contributed by atoms with E-state index >= 15 is 0 Å². The summed E-state index contributed by atoms with van der Waals surface area (Å²) >= 11 is 0. The third-order valence-corrected chi connectivity index (χ3v) is 7.97. The fourth-order valence-electron chi connectivity index (χ4n) is 6.22. The minimum Gasteiger partial charge on any atom is -0.356 e. The predicted molar refractivity (Wildman–Crippen MR) is 138 cm³/mol. The molecule has 5 heteroatoms. The van der Waals surface area contributed by atoms with Crippen LogP contribution in [0.2, 0.25) is 0 Å². The van der Waals surface area contributed by atoms with Gasteiger partial charge in [0.25, 0.3) is 0 Å². The minimum absolute atomic E-state index is 0.0608. The van der Waals surface area contributed by atoms with Crippen LogP contribution in [0.15, 0.2) is 48.9 Å². The van der Waals surface area contributed by atoms with Gasteiger partial charge in [0.1, 0.15) is 0 Å². The molecule has 1 amide bonds. The molecule has 0 spiro atoms. The zero-order valence-electron chi connectivity index (χ0n) is 20.8. The normalized spacial score (nSPS) is 22.2. The van der Waals surface area contributed by atoms with E-state index in [4.69, 9.17) is 0 Å². The SMILES string of the molecule is CC(C)n1cc2c3c(cccc31)[C@H]1CC(C(=O)NCCCCCc3cccnc3)CN(C)[C@@H]1C2. The second-order valence-corrected chi connectivity index (χ2v) is 10.6. The number of nitrogens with one attached hydrogen (secondary N) is 1. The van der Waals surface area contributed by atoms with Gasteiger partial charge < -0.3 is 14.8 Å². The van der Waals surface area contributed by atoms with E-state index in [0.717, 1.165) is 51.6 Å². The molecule has 1 unspecified atom stereocenters. The van der Waals surface area contributed by atoms with Crippen LogP contribution in [0.25, 0.3) is 10.9 Å². The van der Waals surface area contributed by atoms with Gasteiger partial charge in [-0.25, -0.2) is 0 Å². The van der Waals surface area contributed by atoms with E-state index in [0.29, 0.717) is 18.0 Å². The van der Waals surface area contributed by atoms with Crippen LogP contribution in [0.3, 0.4) is 0 Å². The number of unbranched alkanes of at least 4 members (excludes halogenated alkanes) is 2. The van der Waals surface area contributed by atoms with Crippen molar-refractivity contribution in [2.75, 3.05) is 20.1 Å². The van der Waals surface area contributed by atoms with Gasteiger partial charge in [-0.1, -0.05) is 24.6 Å². The quantitative estimate of drug-likeness (QED) is 0.478. The Balaban J connectivity index is 1.19. The Morgan fingerprint density at radius 1 is 1.18 bits per heavy atom. The van der Waals surface area contributed by atoms with Gasteiger partial charge in [0.15, 0.2) is 0 Å². The first-order valence-corrected chi connectivity index (χ1v) is 13.0. The molecule has 1 N–H and O–H groups in total. The molecule has 0 saturated carbocycles. The van der Waals surface area contributed by atoms with Crippen LogP contribution < -0.4 is 5.32 Å². The molecule has 1 aliphatic heterocycles. The maximum atomic E-state index is 13.1. The molecule has 2 aromatic heterocycles. The van der Waals surface area contributed by atoms with Crippen molar-refractivity contribution in [2.45, 2.75) is 70.4 Å². The number of aryl methyl sites for hydroxylation is 1. The molecule has 5 nitrogen and oxygen atoms in total. The molecule has 3 heterocycles. The molecule has 3 atom stereocenters. The second-order valence-electron chi connectivity index (χ2n) is 10.6.